The first-order valence-electron chi connectivity index (χ1n) is 8.09. The first-order chi connectivity index (χ1) is 10.5. The third-order valence-corrected chi connectivity index (χ3v) is 4.40. The van der Waals surface area contributed by atoms with Crippen LogP contribution in [0.3, 0.4) is 0 Å². The second-order valence-electron chi connectivity index (χ2n) is 6.14. The van der Waals surface area contributed by atoms with Crippen molar-refractivity contribution in [1.82, 2.24) is 0 Å². The van der Waals surface area contributed by atoms with Crippen LogP contribution in [0, 0.1) is 11.8 Å². The molecule has 0 bridgehead atoms. The van der Waals surface area contributed by atoms with Gasteiger partial charge in [0.15, 0.2) is 5.78 Å². The van der Waals surface area contributed by atoms with Crippen LogP contribution in [0.2, 0.25) is 0 Å². The summed E-state index contributed by atoms with van der Waals surface area (Å²) in [6.45, 7) is 3.47. The highest BCUT2D eigenvalue weighted by Gasteiger charge is 2.50. The molecule has 1 saturated heterocycles. The number of allylic oxidation sites excluding steroid dienone is 1. The molecular weight excluding hydrogens is 284 g/mol. The lowest BCUT2D eigenvalue weighted by Crippen LogP contribution is -2.23. The van der Waals surface area contributed by atoms with Gasteiger partial charge in [0.1, 0.15) is 12.2 Å². The minimum Gasteiger partial charge on any atom is -0.462 e. The number of esters is 2. The summed E-state index contributed by atoms with van der Waals surface area (Å²) in [5.41, 5.74) is 0. The SMILES string of the molecule is CCCCCC(=O)/C=C/C1[C@H]2CC(=O)OC2C[C@H]1OC(C)=O. The maximum Gasteiger partial charge on any atom is 0.306 e. The van der Waals surface area contributed by atoms with Gasteiger partial charge < -0.3 is 9.47 Å². The van der Waals surface area contributed by atoms with Gasteiger partial charge in [0, 0.05) is 31.6 Å². The molecule has 122 valence electrons. The predicted octanol–water partition coefficient (Wildman–Crippen LogP) is 2.58. The van der Waals surface area contributed by atoms with Crippen molar-refractivity contribution in [2.24, 2.45) is 11.8 Å². The van der Waals surface area contributed by atoms with Crippen LogP contribution in [0.25, 0.3) is 0 Å². The molecule has 4 atom stereocenters. The first-order valence-corrected chi connectivity index (χ1v) is 8.09. The van der Waals surface area contributed by atoms with Crippen molar-refractivity contribution in [3.05, 3.63) is 12.2 Å². The number of ketones is 1. The molecule has 5 heteroatoms. The van der Waals surface area contributed by atoms with E-state index in [4.69, 9.17) is 9.47 Å². The second kappa shape index (κ2) is 7.56. The molecule has 0 spiro atoms. The summed E-state index contributed by atoms with van der Waals surface area (Å²) in [6, 6.07) is 0. The average molecular weight is 308 g/mol. The maximum absolute atomic E-state index is 11.9. The molecule has 1 saturated carbocycles. The van der Waals surface area contributed by atoms with E-state index in [1.54, 1.807) is 6.08 Å². The number of rotatable bonds is 7. The Bertz CT molecular complexity index is 468. The molecule has 0 N–H and O–H groups in total. The molecule has 1 heterocycles. The van der Waals surface area contributed by atoms with E-state index in [-0.39, 0.29) is 41.8 Å². The Morgan fingerprint density at radius 2 is 2.14 bits per heavy atom. The van der Waals surface area contributed by atoms with Crippen LogP contribution in [0.5, 0.6) is 0 Å². The van der Waals surface area contributed by atoms with Crippen molar-refractivity contribution in [3.8, 4) is 0 Å². The van der Waals surface area contributed by atoms with Gasteiger partial charge in [-0.1, -0.05) is 25.8 Å². The molecule has 22 heavy (non-hydrogen) atoms. The van der Waals surface area contributed by atoms with Crippen molar-refractivity contribution in [2.45, 2.75) is 64.6 Å². The van der Waals surface area contributed by atoms with Crippen LogP contribution in [-0.4, -0.2) is 29.9 Å². The highest BCUT2D eigenvalue weighted by Crippen LogP contribution is 2.43. The molecule has 2 aliphatic rings. The Balaban J connectivity index is 1.98. The summed E-state index contributed by atoms with van der Waals surface area (Å²) in [6.07, 6.45) is 7.32. The second-order valence-corrected chi connectivity index (χ2v) is 6.14. The van der Waals surface area contributed by atoms with E-state index < -0.39 is 0 Å². The summed E-state index contributed by atoms with van der Waals surface area (Å²) >= 11 is 0. The maximum atomic E-state index is 11.9. The summed E-state index contributed by atoms with van der Waals surface area (Å²) in [5.74, 6) is -0.566. The smallest absolute Gasteiger partial charge is 0.306 e. The Kier molecular flexibility index (Phi) is 5.75. The minimum atomic E-state index is -0.344. The molecule has 0 aromatic carbocycles. The largest absolute Gasteiger partial charge is 0.462 e. The van der Waals surface area contributed by atoms with Gasteiger partial charge >= 0.3 is 11.9 Å². The highest BCUT2D eigenvalue weighted by atomic mass is 16.6. The number of unbranched alkanes of at least 4 members (excludes halogenated alkanes) is 2. The predicted molar refractivity (Wildman–Crippen MR) is 79.9 cm³/mol. The van der Waals surface area contributed by atoms with E-state index in [0.29, 0.717) is 19.3 Å². The molecule has 0 aromatic rings. The van der Waals surface area contributed by atoms with Crippen molar-refractivity contribution < 1.29 is 23.9 Å². The van der Waals surface area contributed by atoms with Crippen LogP contribution < -0.4 is 0 Å². The first kappa shape index (κ1) is 16.7. The number of hydrogen-bond acceptors (Lipinski definition) is 5. The number of carbonyl (C=O) groups excluding carboxylic acids is 3. The topological polar surface area (TPSA) is 69.7 Å². The van der Waals surface area contributed by atoms with Crippen molar-refractivity contribution in [3.63, 3.8) is 0 Å². The molecule has 2 rings (SSSR count). The zero-order valence-corrected chi connectivity index (χ0v) is 13.2. The summed E-state index contributed by atoms with van der Waals surface area (Å²) in [5, 5.41) is 0. The minimum absolute atomic E-state index is 0.0107. The highest BCUT2D eigenvalue weighted by molar-refractivity contribution is 5.89. The van der Waals surface area contributed by atoms with Gasteiger partial charge in [0.2, 0.25) is 0 Å². The van der Waals surface area contributed by atoms with E-state index in [0.717, 1.165) is 19.3 Å². The summed E-state index contributed by atoms with van der Waals surface area (Å²) in [4.78, 5) is 34.5. The fourth-order valence-corrected chi connectivity index (χ4v) is 3.35. The molecular formula is C17H24O5. The fourth-order valence-electron chi connectivity index (χ4n) is 3.35. The van der Waals surface area contributed by atoms with Gasteiger partial charge in [-0.15, -0.1) is 0 Å². The molecule has 0 aromatic heterocycles. The van der Waals surface area contributed by atoms with Gasteiger partial charge in [-0.3, -0.25) is 14.4 Å². The third kappa shape index (κ3) is 4.18. The quantitative estimate of drug-likeness (QED) is 0.411. The van der Waals surface area contributed by atoms with Crippen LogP contribution in [-0.2, 0) is 23.9 Å². The average Bonchev–Trinajstić information content (AvgIpc) is 2.92. The molecule has 1 aliphatic heterocycles. The van der Waals surface area contributed by atoms with Crippen LogP contribution in [0.4, 0.5) is 0 Å². The van der Waals surface area contributed by atoms with Crippen LogP contribution in [0.1, 0.15) is 52.4 Å². The number of hydrogen-bond donors (Lipinski definition) is 0. The standard InChI is InChI=1S/C17H24O5/c1-3-4-5-6-12(19)7-8-13-14-9-17(20)22-16(14)10-15(13)21-11(2)18/h7-8,13-16H,3-6,9-10H2,1-2H3/b8-7+/t13?,14-,15-,16?/m1/s1. The Hall–Kier alpha value is -1.65. The number of fused-ring (bicyclic) bond motifs is 1. The Morgan fingerprint density at radius 1 is 1.36 bits per heavy atom. The number of carbonyl (C=O) groups is 3. The van der Waals surface area contributed by atoms with E-state index in [1.165, 1.54) is 6.92 Å². The lowest BCUT2D eigenvalue weighted by molar-refractivity contribution is -0.149. The van der Waals surface area contributed by atoms with Crippen molar-refractivity contribution in [2.75, 3.05) is 0 Å². The lowest BCUT2D eigenvalue weighted by Gasteiger charge is -2.19. The summed E-state index contributed by atoms with van der Waals surface area (Å²) in [7, 11) is 0. The van der Waals surface area contributed by atoms with Gasteiger partial charge in [0.25, 0.3) is 0 Å². The van der Waals surface area contributed by atoms with Gasteiger partial charge in [-0.25, -0.2) is 0 Å². The zero-order valence-electron chi connectivity index (χ0n) is 13.2. The van der Waals surface area contributed by atoms with Crippen LogP contribution in [0.15, 0.2) is 12.2 Å². The van der Waals surface area contributed by atoms with Crippen molar-refractivity contribution >= 4 is 17.7 Å². The molecule has 2 fully saturated rings. The van der Waals surface area contributed by atoms with Gasteiger partial charge in [0.05, 0.1) is 6.42 Å². The fraction of sp³-hybridized carbons (Fsp3) is 0.706. The van der Waals surface area contributed by atoms with Crippen molar-refractivity contribution in [1.29, 1.82) is 0 Å². The van der Waals surface area contributed by atoms with Gasteiger partial charge in [-0.05, 0) is 12.5 Å². The van der Waals surface area contributed by atoms with Gasteiger partial charge in [-0.2, -0.15) is 0 Å². The monoisotopic (exact) mass is 308 g/mol. The zero-order chi connectivity index (χ0) is 16.1. The normalized spacial score (nSPS) is 30.4. The van der Waals surface area contributed by atoms with E-state index >= 15 is 0 Å². The molecule has 5 nitrogen and oxygen atoms in total. The van der Waals surface area contributed by atoms with E-state index in [9.17, 15) is 14.4 Å². The molecule has 0 amide bonds. The summed E-state index contributed by atoms with van der Waals surface area (Å²) < 4.78 is 10.6. The number of ether oxygens (including phenoxy) is 2. The van der Waals surface area contributed by atoms with Crippen LogP contribution >= 0.6 is 0 Å². The molecule has 2 unspecified atom stereocenters. The molecule has 1 aliphatic carbocycles. The lowest BCUT2D eigenvalue weighted by atomic mass is 9.91. The Labute approximate surface area is 131 Å². The third-order valence-electron chi connectivity index (χ3n) is 4.40. The Morgan fingerprint density at radius 3 is 2.82 bits per heavy atom. The molecule has 0 radical (unpaired) electrons. The van der Waals surface area contributed by atoms with E-state index in [2.05, 4.69) is 6.92 Å². The van der Waals surface area contributed by atoms with E-state index in [1.807, 2.05) is 6.08 Å².